The zero-order valence-electron chi connectivity index (χ0n) is 23.3. The van der Waals surface area contributed by atoms with Crippen molar-refractivity contribution in [2.24, 2.45) is 0 Å². The van der Waals surface area contributed by atoms with Gasteiger partial charge in [-0.25, -0.2) is 0 Å². The van der Waals surface area contributed by atoms with Crippen molar-refractivity contribution in [1.29, 1.82) is 0 Å². The maximum absolute atomic E-state index is 14.2. The monoisotopic (exact) mass is 533 g/mol. The van der Waals surface area contributed by atoms with Crippen LogP contribution in [0.3, 0.4) is 0 Å². The van der Waals surface area contributed by atoms with Crippen LogP contribution in [-0.4, -0.2) is 41.2 Å². The maximum atomic E-state index is 14.2. The number of carbonyl (C=O) groups is 3. The molecule has 0 saturated heterocycles. The number of hydrogen-bond donors (Lipinski definition) is 1. The van der Waals surface area contributed by atoms with Crippen molar-refractivity contribution in [1.82, 2.24) is 10.2 Å². The van der Waals surface area contributed by atoms with E-state index in [2.05, 4.69) is 5.32 Å². The molecule has 0 spiro atoms. The van der Waals surface area contributed by atoms with E-state index in [0.29, 0.717) is 12.0 Å². The minimum atomic E-state index is -0.749. The van der Waals surface area contributed by atoms with Crippen molar-refractivity contribution in [2.75, 3.05) is 11.4 Å². The van der Waals surface area contributed by atoms with Gasteiger partial charge in [-0.2, -0.15) is 0 Å². The van der Waals surface area contributed by atoms with Crippen LogP contribution in [0.5, 0.6) is 0 Å². The number of carbonyl (C=O) groups excluding carboxylic acids is 3. The van der Waals surface area contributed by atoms with Crippen LogP contribution in [0.1, 0.15) is 47.3 Å². The minimum Gasteiger partial charge on any atom is -0.352 e. The second-order valence-electron chi connectivity index (χ2n) is 10.6. The molecule has 0 unspecified atom stereocenters. The van der Waals surface area contributed by atoms with Crippen molar-refractivity contribution in [3.63, 3.8) is 0 Å². The number of benzene rings is 4. The second kappa shape index (κ2) is 11.7. The third kappa shape index (κ3) is 5.62. The lowest BCUT2D eigenvalue weighted by Gasteiger charge is -2.33. The standard InChI is InChI=1S/C34H35N3O3/c1-4-24(3)35-33(39)30(20-25-10-6-5-7-11-25)36(21-26-18-16-23(2)17-19-26)31(38)22-37-29-15-9-13-27-12-8-14-28(32(27)29)34(37)40/h5-19,24,30H,4,20-22H2,1-3H3,(H,35,39)/t24-,30+/m0/s1. The molecule has 4 aromatic rings. The number of anilines is 1. The van der Waals surface area contributed by atoms with E-state index in [0.717, 1.165) is 39.6 Å². The zero-order valence-corrected chi connectivity index (χ0v) is 23.3. The van der Waals surface area contributed by atoms with E-state index in [-0.39, 0.29) is 36.9 Å². The second-order valence-corrected chi connectivity index (χ2v) is 10.6. The molecule has 2 atom stereocenters. The van der Waals surface area contributed by atoms with Gasteiger partial charge in [0.2, 0.25) is 11.8 Å². The van der Waals surface area contributed by atoms with Crippen LogP contribution in [0.4, 0.5) is 5.69 Å². The van der Waals surface area contributed by atoms with Crippen LogP contribution in [0.2, 0.25) is 0 Å². The summed E-state index contributed by atoms with van der Waals surface area (Å²) in [5, 5.41) is 4.93. The fraction of sp³-hybridized carbons (Fsp3) is 0.265. The first-order valence-corrected chi connectivity index (χ1v) is 13.9. The summed E-state index contributed by atoms with van der Waals surface area (Å²) in [5.41, 5.74) is 4.33. The molecule has 0 saturated carbocycles. The number of amides is 3. The van der Waals surface area contributed by atoms with Gasteiger partial charge in [0.05, 0.1) is 5.69 Å². The Morgan fingerprint density at radius 2 is 1.57 bits per heavy atom. The van der Waals surface area contributed by atoms with Crippen LogP contribution in [0.25, 0.3) is 10.8 Å². The molecule has 40 heavy (non-hydrogen) atoms. The Labute approximate surface area is 235 Å². The molecular formula is C34H35N3O3. The molecule has 0 aliphatic carbocycles. The minimum absolute atomic E-state index is 0.0330. The lowest BCUT2D eigenvalue weighted by atomic mass is 10.0. The molecule has 0 radical (unpaired) electrons. The highest BCUT2D eigenvalue weighted by Crippen LogP contribution is 2.37. The molecule has 0 bridgehead atoms. The lowest BCUT2D eigenvalue weighted by Crippen LogP contribution is -2.54. The summed E-state index contributed by atoms with van der Waals surface area (Å²) in [4.78, 5) is 44.7. The predicted octanol–water partition coefficient (Wildman–Crippen LogP) is 5.66. The Bertz CT molecular complexity index is 1530. The highest BCUT2D eigenvalue weighted by Gasteiger charge is 2.36. The molecule has 0 fully saturated rings. The number of hydrogen-bond acceptors (Lipinski definition) is 3. The highest BCUT2D eigenvalue weighted by atomic mass is 16.2. The van der Waals surface area contributed by atoms with Crippen LogP contribution in [-0.2, 0) is 22.6 Å². The molecule has 3 amide bonds. The van der Waals surface area contributed by atoms with Crippen molar-refractivity contribution < 1.29 is 14.4 Å². The average Bonchev–Trinajstić information content (AvgIpc) is 3.24. The van der Waals surface area contributed by atoms with Gasteiger partial charge in [-0.1, -0.05) is 91.3 Å². The predicted molar refractivity (Wildman–Crippen MR) is 159 cm³/mol. The number of aryl methyl sites for hydroxylation is 1. The van der Waals surface area contributed by atoms with Crippen LogP contribution >= 0.6 is 0 Å². The van der Waals surface area contributed by atoms with Crippen molar-refractivity contribution in [2.45, 2.75) is 52.2 Å². The fourth-order valence-electron chi connectivity index (χ4n) is 5.25. The summed E-state index contributed by atoms with van der Waals surface area (Å²) in [6, 6.07) is 28.3. The Morgan fingerprint density at radius 3 is 2.27 bits per heavy atom. The summed E-state index contributed by atoms with van der Waals surface area (Å²) in [6.45, 7) is 6.10. The average molecular weight is 534 g/mol. The van der Waals surface area contributed by atoms with Gasteiger partial charge >= 0.3 is 0 Å². The Balaban J connectivity index is 1.51. The van der Waals surface area contributed by atoms with Gasteiger partial charge in [0.25, 0.3) is 5.91 Å². The largest absolute Gasteiger partial charge is 0.352 e. The molecule has 204 valence electrons. The smallest absolute Gasteiger partial charge is 0.259 e. The van der Waals surface area contributed by atoms with E-state index >= 15 is 0 Å². The lowest BCUT2D eigenvalue weighted by molar-refractivity contribution is -0.140. The molecule has 1 aliphatic heterocycles. The summed E-state index contributed by atoms with van der Waals surface area (Å²) in [5.74, 6) is -0.671. The van der Waals surface area contributed by atoms with Crippen molar-refractivity contribution in [3.8, 4) is 0 Å². The molecule has 1 aliphatic rings. The van der Waals surface area contributed by atoms with Gasteiger partial charge in [-0.15, -0.1) is 0 Å². The summed E-state index contributed by atoms with van der Waals surface area (Å²) in [7, 11) is 0. The van der Waals surface area contributed by atoms with E-state index in [1.165, 1.54) is 0 Å². The van der Waals surface area contributed by atoms with Crippen molar-refractivity contribution in [3.05, 3.63) is 113 Å². The molecule has 0 aromatic heterocycles. The Hall–Kier alpha value is -4.45. The van der Waals surface area contributed by atoms with Crippen LogP contribution < -0.4 is 10.2 Å². The van der Waals surface area contributed by atoms with Gasteiger partial charge in [-0.3, -0.25) is 19.3 Å². The van der Waals surface area contributed by atoms with Crippen LogP contribution in [0, 0.1) is 6.92 Å². The van der Waals surface area contributed by atoms with E-state index in [4.69, 9.17) is 0 Å². The number of nitrogens with one attached hydrogen (secondary N) is 1. The quantitative estimate of drug-likeness (QED) is 0.286. The topological polar surface area (TPSA) is 69.7 Å². The third-order valence-corrected chi connectivity index (χ3v) is 7.69. The molecule has 4 aromatic carbocycles. The van der Waals surface area contributed by atoms with Gasteiger partial charge in [-0.05, 0) is 48.9 Å². The van der Waals surface area contributed by atoms with E-state index in [9.17, 15) is 14.4 Å². The van der Waals surface area contributed by atoms with Gasteiger partial charge in [0, 0.05) is 30.0 Å². The van der Waals surface area contributed by atoms with Gasteiger partial charge in [0.15, 0.2) is 0 Å². The fourth-order valence-corrected chi connectivity index (χ4v) is 5.25. The third-order valence-electron chi connectivity index (χ3n) is 7.69. The molecule has 1 heterocycles. The molecule has 5 rings (SSSR count). The number of nitrogens with zero attached hydrogens (tertiary/aromatic N) is 2. The Kier molecular flexibility index (Phi) is 7.96. The molecule has 6 heteroatoms. The van der Waals surface area contributed by atoms with Crippen LogP contribution in [0.15, 0.2) is 91.0 Å². The first-order valence-electron chi connectivity index (χ1n) is 13.9. The number of rotatable bonds is 10. The molecule has 6 nitrogen and oxygen atoms in total. The summed E-state index contributed by atoms with van der Waals surface area (Å²) >= 11 is 0. The van der Waals surface area contributed by atoms with E-state index < -0.39 is 6.04 Å². The zero-order chi connectivity index (χ0) is 28.2. The maximum Gasteiger partial charge on any atom is 0.259 e. The first kappa shape index (κ1) is 27.1. The summed E-state index contributed by atoms with van der Waals surface area (Å²) in [6.07, 6.45) is 1.14. The van der Waals surface area contributed by atoms with E-state index in [1.807, 2.05) is 106 Å². The normalized spacial score (nSPS) is 13.8. The van der Waals surface area contributed by atoms with Gasteiger partial charge in [0.1, 0.15) is 12.6 Å². The summed E-state index contributed by atoms with van der Waals surface area (Å²) < 4.78 is 0. The first-order chi connectivity index (χ1) is 19.4. The van der Waals surface area contributed by atoms with Gasteiger partial charge < -0.3 is 10.2 Å². The SMILES string of the molecule is CC[C@H](C)NC(=O)[C@@H](Cc1ccccc1)N(Cc1ccc(C)cc1)C(=O)CN1C(=O)c2cccc3cccc1c23. The van der Waals surface area contributed by atoms with E-state index in [1.54, 1.807) is 15.9 Å². The molecular weight excluding hydrogens is 498 g/mol. The molecule has 1 N–H and O–H groups in total. The highest BCUT2D eigenvalue weighted by molar-refractivity contribution is 6.26. The Morgan fingerprint density at radius 1 is 0.875 bits per heavy atom. The van der Waals surface area contributed by atoms with Crippen molar-refractivity contribution >= 4 is 34.2 Å².